The fourth-order valence-corrected chi connectivity index (χ4v) is 2.29. The number of alkyl carbamates (subject to hydrolysis) is 1. The van der Waals surface area contributed by atoms with Crippen LogP contribution in [0, 0.1) is 0 Å². The summed E-state index contributed by atoms with van der Waals surface area (Å²) in [4.78, 5) is 33.8. The van der Waals surface area contributed by atoms with Crippen molar-refractivity contribution in [3.8, 4) is 0 Å². The average molecular weight is 380 g/mol. The summed E-state index contributed by atoms with van der Waals surface area (Å²) in [7, 11) is 0. The lowest BCUT2D eigenvalue weighted by Crippen LogP contribution is -2.31. The van der Waals surface area contributed by atoms with Crippen molar-refractivity contribution in [1.29, 1.82) is 0 Å². The number of carbonyl (C=O) groups is 3. The first-order chi connectivity index (χ1) is 12.7. The summed E-state index contributed by atoms with van der Waals surface area (Å²) in [6, 6.07) is 6.54. The van der Waals surface area contributed by atoms with Crippen molar-refractivity contribution >= 4 is 18.0 Å². The molecule has 8 heteroatoms. The number of unbranched alkanes of at least 4 members (excludes halogenated alkanes) is 3. The molecule has 0 aliphatic heterocycles. The van der Waals surface area contributed by atoms with Crippen LogP contribution in [0.25, 0.3) is 0 Å². The van der Waals surface area contributed by atoms with Gasteiger partial charge in [-0.05, 0) is 32.3 Å². The van der Waals surface area contributed by atoms with Crippen molar-refractivity contribution in [2.75, 3.05) is 13.1 Å². The Kier molecular flexibility index (Phi) is 9.29. The zero-order valence-corrected chi connectivity index (χ0v) is 15.8. The van der Waals surface area contributed by atoms with Gasteiger partial charge in [0.05, 0.1) is 0 Å². The van der Waals surface area contributed by atoms with Gasteiger partial charge in [0.25, 0.3) is 0 Å². The van der Waals surface area contributed by atoms with Gasteiger partial charge in [0.15, 0.2) is 5.78 Å². The number of carboxylic acid groups (broad SMARTS) is 1. The molecule has 1 rings (SSSR count). The third-order valence-electron chi connectivity index (χ3n) is 3.79. The molecule has 0 aliphatic rings. The molecule has 0 fully saturated rings. The van der Waals surface area contributed by atoms with Gasteiger partial charge in [0.2, 0.25) is 0 Å². The molecular formula is C19H28N2O6. The van der Waals surface area contributed by atoms with Gasteiger partial charge in [0, 0.05) is 18.7 Å². The molecule has 0 unspecified atom stereocenters. The summed E-state index contributed by atoms with van der Waals surface area (Å²) in [6.45, 7) is 3.88. The van der Waals surface area contributed by atoms with Crippen LogP contribution in [-0.2, 0) is 11.3 Å². The highest BCUT2D eigenvalue weighted by molar-refractivity contribution is 6.01. The summed E-state index contributed by atoms with van der Waals surface area (Å²) in [6.07, 6.45) is 1.79. The van der Waals surface area contributed by atoms with Crippen LogP contribution in [0.2, 0.25) is 0 Å². The number of hydrogen-bond donors (Lipinski definition) is 4. The Bertz CT molecular complexity index is 622. The van der Waals surface area contributed by atoms with Gasteiger partial charge in [-0.3, -0.25) is 4.79 Å². The second kappa shape index (κ2) is 11.2. The van der Waals surface area contributed by atoms with E-state index in [0.717, 1.165) is 31.2 Å². The molecule has 0 saturated heterocycles. The molecule has 0 radical (unpaired) electrons. The predicted molar refractivity (Wildman–Crippen MR) is 99.8 cm³/mol. The van der Waals surface area contributed by atoms with Crippen LogP contribution in [-0.4, -0.2) is 46.9 Å². The molecule has 0 spiro atoms. The minimum Gasteiger partial charge on any atom is -0.465 e. The Balaban J connectivity index is 2.18. The largest absolute Gasteiger partial charge is 0.465 e. The number of hydrogen-bond acceptors (Lipinski definition) is 5. The molecule has 0 aliphatic carbocycles. The van der Waals surface area contributed by atoms with E-state index in [1.807, 2.05) is 0 Å². The summed E-state index contributed by atoms with van der Waals surface area (Å²) in [5.41, 5.74) is -0.289. The average Bonchev–Trinajstić information content (AvgIpc) is 2.61. The third-order valence-corrected chi connectivity index (χ3v) is 3.79. The van der Waals surface area contributed by atoms with Crippen LogP contribution >= 0.6 is 0 Å². The zero-order valence-electron chi connectivity index (χ0n) is 15.8. The summed E-state index contributed by atoms with van der Waals surface area (Å²) in [5, 5.41) is 23.1. The number of carbonyl (C=O) groups excluding carboxylic acids is 2. The van der Waals surface area contributed by atoms with E-state index in [-0.39, 0.29) is 12.4 Å². The predicted octanol–water partition coefficient (Wildman–Crippen LogP) is 2.69. The molecule has 0 aromatic heterocycles. The monoisotopic (exact) mass is 380 g/mol. The molecule has 0 saturated carbocycles. The van der Waals surface area contributed by atoms with Crippen molar-refractivity contribution in [2.45, 2.75) is 51.7 Å². The Labute approximate surface area is 158 Å². The lowest BCUT2D eigenvalue weighted by molar-refractivity contribution is 0.0488. The summed E-state index contributed by atoms with van der Waals surface area (Å²) >= 11 is 0. The van der Waals surface area contributed by atoms with E-state index in [1.165, 1.54) is 13.8 Å². The van der Waals surface area contributed by atoms with Gasteiger partial charge in [-0.15, -0.1) is 0 Å². The fourth-order valence-electron chi connectivity index (χ4n) is 2.29. The smallest absolute Gasteiger partial charge is 0.407 e. The zero-order chi connectivity index (χ0) is 20.3. The minimum absolute atomic E-state index is 0.0870. The molecule has 1 aromatic rings. The highest BCUT2D eigenvalue weighted by Gasteiger charge is 2.24. The van der Waals surface area contributed by atoms with Gasteiger partial charge in [-0.1, -0.05) is 37.1 Å². The molecule has 0 bridgehead atoms. The molecule has 0 atom stereocenters. The van der Waals surface area contributed by atoms with Crippen LogP contribution in [0.15, 0.2) is 24.3 Å². The van der Waals surface area contributed by atoms with Crippen molar-refractivity contribution < 1.29 is 29.3 Å². The number of amides is 2. The van der Waals surface area contributed by atoms with Crippen LogP contribution in [0.3, 0.4) is 0 Å². The number of Topliss-reactive ketones (excluding diaryl/α,β-unsaturated/α-hetero) is 1. The Morgan fingerprint density at radius 2 is 1.52 bits per heavy atom. The molecule has 150 valence electrons. The SMILES string of the molecule is CC(C)(O)C(=O)c1ccc(COC(=O)NCCCCCCNC(=O)O)cc1. The lowest BCUT2D eigenvalue weighted by Gasteiger charge is -2.15. The Morgan fingerprint density at radius 1 is 0.963 bits per heavy atom. The van der Waals surface area contributed by atoms with Crippen molar-refractivity contribution in [1.82, 2.24) is 10.6 Å². The molecular weight excluding hydrogens is 352 g/mol. The number of ether oxygens (including phenoxy) is 1. The minimum atomic E-state index is -1.43. The van der Waals surface area contributed by atoms with E-state index >= 15 is 0 Å². The maximum Gasteiger partial charge on any atom is 0.407 e. The van der Waals surface area contributed by atoms with E-state index in [2.05, 4.69) is 10.6 Å². The summed E-state index contributed by atoms with van der Waals surface area (Å²) in [5.74, 6) is -0.369. The first-order valence-electron chi connectivity index (χ1n) is 8.93. The highest BCUT2D eigenvalue weighted by Crippen LogP contribution is 2.14. The van der Waals surface area contributed by atoms with E-state index in [0.29, 0.717) is 18.7 Å². The van der Waals surface area contributed by atoms with Crippen molar-refractivity contribution in [2.24, 2.45) is 0 Å². The molecule has 27 heavy (non-hydrogen) atoms. The van der Waals surface area contributed by atoms with E-state index in [4.69, 9.17) is 9.84 Å². The van der Waals surface area contributed by atoms with Crippen LogP contribution < -0.4 is 10.6 Å². The highest BCUT2D eigenvalue weighted by atomic mass is 16.5. The van der Waals surface area contributed by atoms with Crippen LogP contribution in [0.1, 0.15) is 55.5 Å². The molecule has 4 N–H and O–H groups in total. The van der Waals surface area contributed by atoms with Gasteiger partial charge < -0.3 is 25.6 Å². The van der Waals surface area contributed by atoms with Crippen LogP contribution in [0.4, 0.5) is 9.59 Å². The van der Waals surface area contributed by atoms with Gasteiger partial charge >= 0.3 is 12.2 Å². The fraction of sp³-hybridized carbons (Fsp3) is 0.526. The molecule has 0 heterocycles. The second-order valence-corrected chi connectivity index (χ2v) is 6.73. The van der Waals surface area contributed by atoms with Gasteiger partial charge in [-0.25, -0.2) is 9.59 Å². The quantitative estimate of drug-likeness (QED) is 0.345. The number of nitrogens with one attached hydrogen (secondary N) is 2. The van der Waals surface area contributed by atoms with E-state index in [1.54, 1.807) is 24.3 Å². The topological polar surface area (TPSA) is 125 Å². The number of benzene rings is 1. The lowest BCUT2D eigenvalue weighted by atomic mass is 9.96. The second-order valence-electron chi connectivity index (χ2n) is 6.73. The van der Waals surface area contributed by atoms with Crippen LogP contribution in [0.5, 0.6) is 0 Å². The number of ketones is 1. The third kappa shape index (κ3) is 9.60. The van der Waals surface area contributed by atoms with Crippen molar-refractivity contribution in [3.05, 3.63) is 35.4 Å². The Morgan fingerprint density at radius 3 is 2.04 bits per heavy atom. The normalized spacial score (nSPS) is 10.9. The maximum atomic E-state index is 11.9. The van der Waals surface area contributed by atoms with E-state index in [9.17, 15) is 19.5 Å². The molecule has 8 nitrogen and oxygen atoms in total. The molecule has 2 amide bonds. The van der Waals surface area contributed by atoms with Gasteiger partial charge in [0.1, 0.15) is 12.2 Å². The number of aliphatic hydroxyl groups is 1. The standard InChI is InChI=1S/C19H28N2O6/c1-19(2,26)16(22)15-9-7-14(8-10-15)13-27-18(25)21-12-6-4-3-5-11-20-17(23)24/h7-10,20,26H,3-6,11-13H2,1-2H3,(H,21,25)(H,23,24). The van der Waals surface area contributed by atoms with Crippen molar-refractivity contribution in [3.63, 3.8) is 0 Å². The first-order valence-corrected chi connectivity index (χ1v) is 8.93. The summed E-state index contributed by atoms with van der Waals surface area (Å²) < 4.78 is 5.11. The number of rotatable bonds is 11. The van der Waals surface area contributed by atoms with E-state index < -0.39 is 17.8 Å². The molecule has 1 aromatic carbocycles. The Hall–Kier alpha value is -2.61. The maximum absolute atomic E-state index is 11.9. The first kappa shape index (κ1) is 22.4. The van der Waals surface area contributed by atoms with Gasteiger partial charge in [-0.2, -0.15) is 0 Å².